The monoisotopic (exact) mass is 442 g/mol. The summed E-state index contributed by atoms with van der Waals surface area (Å²) in [6.45, 7) is 2.22. The van der Waals surface area contributed by atoms with E-state index in [9.17, 15) is 9.59 Å². The van der Waals surface area contributed by atoms with Crippen molar-refractivity contribution >= 4 is 17.5 Å². The molecule has 170 valence electrons. The molecule has 3 heterocycles. The Labute approximate surface area is 194 Å². The van der Waals surface area contributed by atoms with Crippen LogP contribution in [0.4, 0.5) is 5.69 Å². The van der Waals surface area contributed by atoms with Crippen molar-refractivity contribution in [2.24, 2.45) is 5.92 Å². The normalized spacial score (nSPS) is 17.9. The number of aryl methyl sites for hydroxylation is 1. The maximum absolute atomic E-state index is 12.9. The molecule has 1 unspecified atom stereocenters. The molecule has 1 aromatic heterocycles. The van der Waals surface area contributed by atoms with E-state index >= 15 is 0 Å². The van der Waals surface area contributed by atoms with Crippen molar-refractivity contribution in [1.82, 2.24) is 14.5 Å². The van der Waals surface area contributed by atoms with Crippen LogP contribution in [0.25, 0.3) is 11.4 Å². The largest absolute Gasteiger partial charge is 0.342 e. The van der Waals surface area contributed by atoms with Crippen molar-refractivity contribution in [2.75, 3.05) is 18.4 Å². The first-order valence-electron chi connectivity index (χ1n) is 11.9. The molecule has 0 aliphatic carbocycles. The first-order valence-corrected chi connectivity index (χ1v) is 11.9. The zero-order valence-corrected chi connectivity index (χ0v) is 18.9. The number of likely N-dealkylation sites (tertiary alicyclic amines) is 1. The molecular formula is C27H30N4O2. The lowest BCUT2D eigenvalue weighted by Crippen LogP contribution is -2.44. The number of hydrogen-bond acceptors (Lipinski definition) is 3. The van der Waals surface area contributed by atoms with Gasteiger partial charge in [0.15, 0.2) is 0 Å². The molecule has 1 atom stereocenters. The van der Waals surface area contributed by atoms with Crippen LogP contribution in [0, 0.1) is 5.92 Å². The Bertz CT molecular complexity index is 1120. The van der Waals surface area contributed by atoms with Crippen molar-refractivity contribution in [1.29, 1.82) is 0 Å². The van der Waals surface area contributed by atoms with Crippen molar-refractivity contribution in [3.63, 3.8) is 0 Å². The number of carbonyl (C=O) groups excluding carboxylic acids is 2. The highest BCUT2D eigenvalue weighted by Gasteiger charge is 2.28. The summed E-state index contributed by atoms with van der Waals surface area (Å²) in [4.78, 5) is 32.1. The fraction of sp³-hybridized carbons (Fsp3) is 0.370. The fourth-order valence-electron chi connectivity index (χ4n) is 4.91. The molecule has 2 amide bonds. The van der Waals surface area contributed by atoms with Gasteiger partial charge in [-0.05, 0) is 61.9 Å². The van der Waals surface area contributed by atoms with Crippen LogP contribution in [0.1, 0.15) is 36.9 Å². The predicted octanol–water partition coefficient (Wildman–Crippen LogP) is 4.31. The highest BCUT2D eigenvalue weighted by atomic mass is 16.2. The van der Waals surface area contributed by atoms with Gasteiger partial charge >= 0.3 is 0 Å². The van der Waals surface area contributed by atoms with Crippen LogP contribution in [0.5, 0.6) is 0 Å². The van der Waals surface area contributed by atoms with Crippen LogP contribution < -0.4 is 5.32 Å². The summed E-state index contributed by atoms with van der Waals surface area (Å²) in [5.41, 5.74) is 4.16. The molecule has 2 aliphatic heterocycles. The minimum Gasteiger partial charge on any atom is -0.342 e. The van der Waals surface area contributed by atoms with Gasteiger partial charge in [-0.3, -0.25) is 9.59 Å². The van der Waals surface area contributed by atoms with E-state index in [0.717, 1.165) is 55.0 Å². The Hall–Kier alpha value is -3.41. The quantitative estimate of drug-likeness (QED) is 0.640. The lowest BCUT2D eigenvalue weighted by molar-refractivity contribution is -0.133. The van der Waals surface area contributed by atoms with Gasteiger partial charge in [0.2, 0.25) is 11.8 Å². The first kappa shape index (κ1) is 21.4. The molecule has 1 saturated heterocycles. The Balaban J connectivity index is 1.19. The number of nitrogens with zero attached hydrogens (tertiary/aromatic N) is 3. The minimum absolute atomic E-state index is 0.0156. The number of imidazole rings is 1. The lowest BCUT2D eigenvalue weighted by atomic mass is 9.96. The summed E-state index contributed by atoms with van der Waals surface area (Å²) in [6.07, 6.45) is 7.53. The van der Waals surface area contributed by atoms with Gasteiger partial charge in [-0.25, -0.2) is 4.98 Å². The van der Waals surface area contributed by atoms with Crippen LogP contribution in [0.3, 0.4) is 0 Å². The summed E-state index contributed by atoms with van der Waals surface area (Å²) >= 11 is 0. The zero-order valence-electron chi connectivity index (χ0n) is 18.9. The number of rotatable bonds is 5. The number of anilines is 1. The molecule has 3 aromatic rings. The van der Waals surface area contributed by atoms with E-state index in [1.54, 1.807) is 0 Å². The molecule has 2 aromatic carbocycles. The van der Waals surface area contributed by atoms with E-state index in [4.69, 9.17) is 0 Å². The Kier molecular flexibility index (Phi) is 6.24. The Morgan fingerprint density at radius 3 is 2.61 bits per heavy atom. The molecule has 0 bridgehead atoms. The molecule has 2 aliphatic rings. The van der Waals surface area contributed by atoms with Gasteiger partial charge in [-0.15, -0.1) is 0 Å². The van der Waals surface area contributed by atoms with E-state index in [1.807, 2.05) is 65.7 Å². The van der Waals surface area contributed by atoms with Gasteiger partial charge < -0.3 is 14.8 Å². The Morgan fingerprint density at radius 1 is 0.970 bits per heavy atom. The van der Waals surface area contributed by atoms with Crippen molar-refractivity contribution < 1.29 is 9.59 Å². The van der Waals surface area contributed by atoms with E-state index < -0.39 is 0 Å². The number of fused-ring (bicyclic) bond motifs is 1. The van der Waals surface area contributed by atoms with Crippen LogP contribution in [0.2, 0.25) is 0 Å². The minimum atomic E-state index is -0.183. The maximum Gasteiger partial charge on any atom is 0.229 e. The second kappa shape index (κ2) is 9.61. The highest BCUT2D eigenvalue weighted by molar-refractivity contribution is 5.93. The summed E-state index contributed by atoms with van der Waals surface area (Å²) < 4.78 is 2.31. The SMILES string of the molecule is O=C(Nc1ccc(-c2ncc3n2CCCC3)cc1)C1CCCN(C(=O)Cc2ccccc2)C1. The number of benzene rings is 2. The molecular weight excluding hydrogens is 412 g/mol. The summed E-state index contributed by atoms with van der Waals surface area (Å²) in [5.74, 6) is 0.893. The van der Waals surface area contributed by atoms with Gasteiger partial charge in [-0.1, -0.05) is 30.3 Å². The van der Waals surface area contributed by atoms with Crippen molar-refractivity contribution in [2.45, 2.75) is 45.1 Å². The number of carbonyl (C=O) groups is 2. The van der Waals surface area contributed by atoms with Crippen LogP contribution in [-0.4, -0.2) is 39.4 Å². The Morgan fingerprint density at radius 2 is 1.79 bits per heavy atom. The van der Waals surface area contributed by atoms with Gasteiger partial charge in [-0.2, -0.15) is 0 Å². The van der Waals surface area contributed by atoms with E-state index in [-0.39, 0.29) is 17.7 Å². The molecule has 0 saturated carbocycles. The number of piperidine rings is 1. The molecule has 1 N–H and O–H groups in total. The van der Waals surface area contributed by atoms with E-state index in [1.165, 1.54) is 18.5 Å². The number of aromatic nitrogens is 2. The number of hydrogen-bond donors (Lipinski definition) is 1. The summed E-state index contributed by atoms with van der Waals surface area (Å²) in [5, 5.41) is 3.05. The third-order valence-corrected chi connectivity index (χ3v) is 6.76. The first-order chi connectivity index (χ1) is 16.2. The fourth-order valence-corrected chi connectivity index (χ4v) is 4.91. The smallest absolute Gasteiger partial charge is 0.229 e. The van der Waals surface area contributed by atoms with Gasteiger partial charge in [0.05, 0.1) is 12.3 Å². The average molecular weight is 443 g/mol. The van der Waals surface area contributed by atoms with E-state index in [0.29, 0.717) is 13.0 Å². The molecule has 1 fully saturated rings. The van der Waals surface area contributed by atoms with Crippen molar-refractivity contribution in [3.05, 3.63) is 72.1 Å². The van der Waals surface area contributed by atoms with E-state index in [2.05, 4.69) is 14.9 Å². The maximum atomic E-state index is 12.9. The molecule has 6 heteroatoms. The molecule has 0 radical (unpaired) electrons. The van der Waals surface area contributed by atoms with Crippen LogP contribution in [0.15, 0.2) is 60.8 Å². The highest BCUT2D eigenvalue weighted by Crippen LogP contribution is 2.26. The lowest BCUT2D eigenvalue weighted by Gasteiger charge is -2.32. The van der Waals surface area contributed by atoms with Crippen molar-refractivity contribution in [3.8, 4) is 11.4 Å². The standard InChI is InChI=1S/C27H30N4O2/c32-25(17-20-7-2-1-3-8-20)30-15-6-9-22(19-30)27(33)29-23-13-11-21(12-14-23)26-28-18-24-10-4-5-16-31(24)26/h1-3,7-8,11-14,18,22H,4-6,9-10,15-17,19H2,(H,29,33). The molecule has 6 nitrogen and oxygen atoms in total. The number of amides is 2. The predicted molar refractivity (Wildman–Crippen MR) is 129 cm³/mol. The summed E-state index contributed by atoms with van der Waals surface area (Å²) in [7, 11) is 0. The summed E-state index contributed by atoms with van der Waals surface area (Å²) in [6, 6.07) is 17.7. The zero-order chi connectivity index (χ0) is 22.6. The molecule has 0 spiro atoms. The van der Waals surface area contributed by atoms with Gasteiger partial charge in [0.25, 0.3) is 0 Å². The average Bonchev–Trinajstić information content (AvgIpc) is 3.29. The van der Waals surface area contributed by atoms with Crippen LogP contribution in [-0.2, 0) is 29.0 Å². The van der Waals surface area contributed by atoms with Gasteiger partial charge in [0.1, 0.15) is 5.82 Å². The molecule has 5 rings (SSSR count). The number of nitrogens with one attached hydrogen (secondary N) is 1. The van der Waals surface area contributed by atoms with Crippen LogP contribution >= 0.6 is 0 Å². The third-order valence-electron chi connectivity index (χ3n) is 6.76. The third kappa shape index (κ3) is 4.85. The topological polar surface area (TPSA) is 67.2 Å². The molecule has 33 heavy (non-hydrogen) atoms. The second-order valence-electron chi connectivity index (χ2n) is 9.09. The second-order valence-corrected chi connectivity index (χ2v) is 9.09. The van der Waals surface area contributed by atoms with Gasteiger partial charge in [0, 0.05) is 42.8 Å².